The molecule has 2 fully saturated rings. The fraction of sp³-hybridized carbons (Fsp3) is 0.429. The van der Waals surface area contributed by atoms with Crippen molar-refractivity contribution in [3.8, 4) is 0 Å². The molecule has 2 saturated heterocycles. The number of fused-ring (bicyclic) bond motifs is 1. The molecule has 5 heteroatoms. The van der Waals surface area contributed by atoms with Crippen molar-refractivity contribution in [2.45, 2.75) is 26.1 Å². The lowest BCUT2D eigenvalue weighted by atomic mass is 9.83. The average molecular weight is 259 g/mol. The Labute approximate surface area is 111 Å². The molecule has 0 saturated carbocycles. The molecule has 0 spiro atoms. The smallest absolute Gasteiger partial charge is 0.255 e. The Bertz CT molecular complexity index is 517. The summed E-state index contributed by atoms with van der Waals surface area (Å²) in [5.41, 5.74) is 3.85. The molecule has 1 amide bonds. The van der Waals surface area contributed by atoms with Gasteiger partial charge in [0, 0.05) is 12.0 Å². The summed E-state index contributed by atoms with van der Waals surface area (Å²) in [4.78, 5) is 24.7. The molecule has 100 valence electrons. The number of hydrazine groups is 1. The number of hydrogen-bond donors (Lipinski definition) is 2. The lowest BCUT2D eigenvalue weighted by molar-refractivity contribution is -0.136. The van der Waals surface area contributed by atoms with Gasteiger partial charge in [-0.2, -0.15) is 0 Å². The number of carbonyl (C=O) groups excluding carboxylic acids is 2. The van der Waals surface area contributed by atoms with Gasteiger partial charge in [0.15, 0.2) is 5.78 Å². The van der Waals surface area contributed by atoms with Crippen molar-refractivity contribution in [2.24, 2.45) is 11.8 Å². The van der Waals surface area contributed by atoms with Crippen molar-refractivity contribution in [2.75, 3.05) is 5.01 Å². The number of anilines is 1. The standard InChI is InChI=1S/C14H17N3O2/c1-8-9(2)15-13-11(12(8)18)14(19)17(16-13)10-6-4-3-5-7-10/h3-9,11,13,15-16H,1-2H3. The predicted molar refractivity (Wildman–Crippen MR) is 71.1 cm³/mol. The van der Waals surface area contributed by atoms with Crippen LogP contribution in [0.2, 0.25) is 0 Å². The highest BCUT2D eigenvalue weighted by Crippen LogP contribution is 2.29. The number of ketones is 1. The fourth-order valence-electron chi connectivity index (χ4n) is 2.71. The molecular formula is C14H17N3O2. The van der Waals surface area contributed by atoms with Crippen LogP contribution in [0.4, 0.5) is 5.69 Å². The molecule has 3 rings (SSSR count). The molecule has 2 heterocycles. The van der Waals surface area contributed by atoms with E-state index in [2.05, 4.69) is 10.7 Å². The van der Waals surface area contributed by atoms with E-state index in [1.807, 2.05) is 44.2 Å². The Kier molecular flexibility index (Phi) is 2.88. The van der Waals surface area contributed by atoms with Crippen LogP contribution in [0, 0.1) is 11.8 Å². The number of nitrogens with one attached hydrogen (secondary N) is 2. The van der Waals surface area contributed by atoms with Gasteiger partial charge in [0.25, 0.3) is 5.91 Å². The minimum Gasteiger partial charge on any atom is -0.298 e. The van der Waals surface area contributed by atoms with Crippen molar-refractivity contribution >= 4 is 17.4 Å². The van der Waals surface area contributed by atoms with Gasteiger partial charge in [-0.1, -0.05) is 25.1 Å². The van der Waals surface area contributed by atoms with Crippen molar-refractivity contribution in [1.82, 2.24) is 10.7 Å². The quantitative estimate of drug-likeness (QED) is 0.728. The van der Waals surface area contributed by atoms with E-state index in [0.717, 1.165) is 5.69 Å². The first-order chi connectivity index (χ1) is 9.09. The number of carbonyl (C=O) groups is 2. The molecule has 1 aromatic rings. The van der Waals surface area contributed by atoms with Gasteiger partial charge in [0.1, 0.15) is 5.92 Å². The molecule has 0 aromatic heterocycles. The van der Waals surface area contributed by atoms with Gasteiger partial charge < -0.3 is 0 Å². The lowest BCUT2D eigenvalue weighted by Gasteiger charge is -2.32. The van der Waals surface area contributed by atoms with Crippen molar-refractivity contribution in [3.63, 3.8) is 0 Å². The maximum absolute atomic E-state index is 12.4. The second-order valence-electron chi connectivity index (χ2n) is 5.24. The molecule has 2 aliphatic heterocycles. The van der Waals surface area contributed by atoms with E-state index in [0.29, 0.717) is 0 Å². The van der Waals surface area contributed by atoms with Gasteiger partial charge in [-0.3, -0.25) is 14.9 Å². The zero-order valence-electron chi connectivity index (χ0n) is 11.0. The van der Waals surface area contributed by atoms with Crippen LogP contribution in [0.25, 0.3) is 0 Å². The van der Waals surface area contributed by atoms with Gasteiger partial charge in [-0.25, -0.2) is 10.4 Å². The Hall–Kier alpha value is -1.72. The maximum Gasteiger partial charge on any atom is 0.255 e. The van der Waals surface area contributed by atoms with Gasteiger partial charge in [-0.15, -0.1) is 0 Å². The summed E-state index contributed by atoms with van der Waals surface area (Å²) in [6, 6.07) is 9.40. The number of hydrogen-bond acceptors (Lipinski definition) is 4. The van der Waals surface area contributed by atoms with Gasteiger partial charge in [0.05, 0.1) is 11.9 Å². The average Bonchev–Trinajstić information content (AvgIpc) is 2.74. The summed E-state index contributed by atoms with van der Waals surface area (Å²) in [5, 5.41) is 4.77. The predicted octanol–water partition coefficient (Wildman–Crippen LogP) is 0.677. The van der Waals surface area contributed by atoms with E-state index in [4.69, 9.17) is 0 Å². The maximum atomic E-state index is 12.4. The van der Waals surface area contributed by atoms with Crippen LogP contribution in [0.15, 0.2) is 30.3 Å². The van der Waals surface area contributed by atoms with Crippen molar-refractivity contribution in [1.29, 1.82) is 0 Å². The molecular weight excluding hydrogens is 242 g/mol. The highest BCUT2D eigenvalue weighted by molar-refractivity contribution is 6.11. The van der Waals surface area contributed by atoms with Crippen LogP contribution in [0.1, 0.15) is 13.8 Å². The zero-order valence-corrected chi connectivity index (χ0v) is 11.0. The molecule has 0 radical (unpaired) electrons. The van der Waals surface area contributed by atoms with Crippen LogP contribution in [-0.4, -0.2) is 23.9 Å². The third-order valence-corrected chi connectivity index (χ3v) is 4.05. The number of benzene rings is 1. The van der Waals surface area contributed by atoms with Crippen molar-refractivity contribution in [3.05, 3.63) is 30.3 Å². The van der Waals surface area contributed by atoms with E-state index in [9.17, 15) is 9.59 Å². The summed E-state index contributed by atoms with van der Waals surface area (Å²) in [5.74, 6) is -0.909. The van der Waals surface area contributed by atoms with E-state index < -0.39 is 5.92 Å². The highest BCUT2D eigenvalue weighted by Gasteiger charge is 2.50. The number of rotatable bonds is 1. The summed E-state index contributed by atoms with van der Waals surface area (Å²) in [7, 11) is 0. The number of nitrogens with zero attached hydrogens (tertiary/aromatic N) is 1. The third-order valence-electron chi connectivity index (χ3n) is 4.05. The normalized spacial score (nSPS) is 34.5. The van der Waals surface area contributed by atoms with Crippen LogP contribution in [-0.2, 0) is 9.59 Å². The molecule has 5 nitrogen and oxygen atoms in total. The van der Waals surface area contributed by atoms with Gasteiger partial charge >= 0.3 is 0 Å². The minimum absolute atomic E-state index is 0.0205. The summed E-state index contributed by atoms with van der Waals surface area (Å²) in [6.07, 6.45) is -0.300. The van der Waals surface area contributed by atoms with Crippen LogP contribution in [0.3, 0.4) is 0 Å². The fourth-order valence-corrected chi connectivity index (χ4v) is 2.71. The second kappa shape index (κ2) is 4.43. The van der Waals surface area contributed by atoms with E-state index >= 15 is 0 Å². The molecule has 1 aromatic carbocycles. The Morgan fingerprint density at radius 1 is 1.11 bits per heavy atom. The summed E-state index contributed by atoms with van der Waals surface area (Å²) in [6.45, 7) is 3.84. The number of amides is 1. The monoisotopic (exact) mass is 259 g/mol. The highest BCUT2D eigenvalue weighted by atomic mass is 16.2. The lowest BCUT2D eigenvalue weighted by Crippen LogP contribution is -2.58. The third kappa shape index (κ3) is 1.86. The molecule has 19 heavy (non-hydrogen) atoms. The Morgan fingerprint density at radius 2 is 1.79 bits per heavy atom. The van der Waals surface area contributed by atoms with Gasteiger partial charge in [0.2, 0.25) is 0 Å². The Balaban J connectivity index is 1.90. The number of para-hydroxylation sites is 1. The minimum atomic E-state index is -0.619. The van der Waals surface area contributed by atoms with Crippen LogP contribution < -0.4 is 15.8 Å². The largest absolute Gasteiger partial charge is 0.298 e. The van der Waals surface area contributed by atoms with Crippen LogP contribution in [0.5, 0.6) is 0 Å². The number of piperidine rings is 1. The van der Waals surface area contributed by atoms with Gasteiger partial charge in [-0.05, 0) is 19.1 Å². The summed E-state index contributed by atoms with van der Waals surface area (Å²) >= 11 is 0. The summed E-state index contributed by atoms with van der Waals surface area (Å²) < 4.78 is 0. The van der Waals surface area contributed by atoms with Crippen molar-refractivity contribution < 1.29 is 9.59 Å². The molecule has 2 aliphatic rings. The molecule has 4 unspecified atom stereocenters. The first-order valence-corrected chi connectivity index (χ1v) is 6.54. The van der Waals surface area contributed by atoms with E-state index in [1.54, 1.807) is 0 Å². The topological polar surface area (TPSA) is 61.4 Å². The Morgan fingerprint density at radius 3 is 2.47 bits per heavy atom. The molecule has 0 aliphatic carbocycles. The van der Waals surface area contributed by atoms with E-state index in [1.165, 1.54) is 5.01 Å². The second-order valence-corrected chi connectivity index (χ2v) is 5.24. The number of Topliss-reactive ketones (excluding diaryl/α,β-unsaturated/α-hetero) is 1. The molecule has 2 N–H and O–H groups in total. The molecule has 0 bridgehead atoms. The SMILES string of the molecule is CC1NC2NN(c3ccccc3)C(=O)C2C(=O)C1C. The first kappa shape index (κ1) is 12.3. The first-order valence-electron chi connectivity index (χ1n) is 6.54. The van der Waals surface area contributed by atoms with E-state index in [-0.39, 0.29) is 29.8 Å². The zero-order chi connectivity index (χ0) is 13.6. The van der Waals surface area contributed by atoms with Crippen LogP contribution >= 0.6 is 0 Å². The molecule has 4 atom stereocenters.